The maximum absolute atomic E-state index is 13.5. The van der Waals surface area contributed by atoms with Crippen LogP contribution in [0.5, 0.6) is 0 Å². The molecule has 0 unspecified atom stereocenters. The van der Waals surface area contributed by atoms with Crippen LogP contribution in [0.1, 0.15) is 12.7 Å². The van der Waals surface area contributed by atoms with Crippen LogP contribution in [0.25, 0.3) is 0 Å². The van der Waals surface area contributed by atoms with E-state index in [0.717, 1.165) is 12.4 Å². The Bertz CT molecular complexity index is 512. The van der Waals surface area contributed by atoms with Gasteiger partial charge in [-0.05, 0) is 25.1 Å². The molecule has 0 fully saturated rings. The summed E-state index contributed by atoms with van der Waals surface area (Å²) in [6.45, 7) is 2.76. The quantitative estimate of drug-likeness (QED) is 0.670. The summed E-state index contributed by atoms with van der Waals surface area (Å²) in [6, 6.07) is 4.70. The highest BCUT2D eigenvalue weighted by Crippen LogP contribution is 2.26. The number of nitrogen functional groups attached to an aromatic ring is 1. The first-order valence-electron chi connectivity index (χ1n) is 5.25. The van der Waals surface area contributed by atoms with Crippen LogP contribution in [0, 0.1) is 5.82 Å². The average molecular weight is 252 g/mol. The van der Waals surface area contributed by atoms with Gasteiger partial charge >= 0.3 is 0 Å². The van der Waals surface area contributed by atoms with Crippen molar-refractivity contribution in [3.8, 4) is 0 Å². The molecule has 0 saturated carbocycles. The Kier molecular flexibility index (Phi) is 3.63. The number of halogens is 1. The van der Waals surface area contributed by atoms with E-state index in [9.17, 15) is 4.39 Å². The Morgan fingerprint density at radius 3 is 3.00 bits per heavy atom. The van der Waals surface area contributed by atoms with E-state index in [1.54, 1.807) is 16.8 Å². The highest BCUT2D eigenvalue weighted by atomic mass is 32.2. The highest BCUT2D eigenvalue weighted by Gasteiger charge is 2.07. The molecule has 2 rings (SSSR count). The van der Waals surface area contributed by atoms with Crippen molar-refractivity contribution < 1.29 is 4.39 Å². The molecule has 1 aromatic carbocycles. The van der Waals surface area contributed by atoms with Crippen molar-refractivity contribution in [2.24, 2.45) is 0 Å². The molecule has 0 radical (unpaired) electrons. The number of aromatic nitrogens is 3. The van der Waals surface area contributed by atoms with Gasteiger partial charge in [-0.2, -0.15) is 5.10 Å². The molecule has 0 aliphatic heterocycles. The molecule has 1 aromatic heterocycles. The van der Waals surface area contributed by atoms with Gasteiger partial charge in [0.05, 0.1) is 5.75 Å². The lowest BCUT2D eigenvalue weighted by molar-refractivity contribution is 0.602. The van der Waals surface area contributed by atoms with E-state index < -0.39 is 0 Å². The van der Waals surface area contributed by atoms with E-state index in [1.165, 1.54) is 24.2 Å². The molecule has 17 heavy (non-hydrogen) atoms. The number of anilines is 1. The number of nitrogens with two attached hydrogens (primary N) is 1. The number of hydrogen-bond donors (Lipinski definition) is 1. The Hall–Kier alpha value is -1.56. The SMILES string of the molecule is CCn1ncnc1CSc1ccc(N)cc1F. The molecular formula is C11H13FN4S. The molecule has 1 heterocycles. The van der Waals surface area contributed by atoms with Gasteiger partial charge in [-0.1, -0.05) is 0 Å². The van der Waals surface area contributed by atoms with Crippen LogP contribution in [0.3, 0.4) is 0 Å². The van der Waals surface area contributed by atoms with Gasteiger partial charge in [0, 0.05) is 17.1 Å². The number of hydrogen-bond acceptors (Lipinski definition) is 4. The summed E-state index contributed by atoms with van der Waals surface area (Å²) in [6.07, 6.45) is 1.51. The van der Waals surface area contributed by atoms with E-state index in [-0.39, 0.29) is 5.82 Å². The number of aryl methyl sites for hydroxylation is 1. The molecule has 0 saturated heterocycles. The van der Waals surface area contributed by atoms with Crippen LogP contribution in [-0.4, -0.2) is 14.8 Å². The highest BCUT2D eigenvalue weighted by molar-refractivity contribution is 7.98. The predicted octanol–water partition coefficient (Wildman–Crippen LogP) is 2.31. The van der Waals surface area contributed by atoms with Crippen LogP contribution >= 0.6 is 11.8 Å². The first-order valence-corrected chi connectivity index (χ1v) is 6.23. The Labute approximate surface area is 103 Å². The standard InChI is InChI=1S/C11H13FN4S/c1-2-16-11(14-7-15-16)6-17-10-4-3-8(13)5-9(10)12/h3-5,7H,2,6,13H2,1H3. The zero-order valence-corrected chi connectivity index (χ0v) is 10.2. The number of rotatable bonds is 4. The second kappa shape index (κ2) is 5.18. The summed E-state index contributed by atoms with van der Waals surface area (Å²) in [5.41, 5.74) is 5.92. The third-order valence-electron chi connectivity index (χ3n) is 2.31. The van der Waals surface area contributed by atoms with Crippen molar-refractivity contribution in [1.82, 2.24) is 14.8 Å². The summed E-state index contributed by atoms with van der Waals surface area (Å²) in [4.78, 5) is 4.71. The van der Waals surface area contributed by atoms with Crippen molar-refractivity contribution in [3.05, 3.63) is 36.2 Å². The summed E-state index contributed by atoms with van der Waals surface area (Å²) in [5, 5.41) is 4.06. The summed E-state index contributed by atoms with van der Waals surface area (Å²) < 4.78 is 15.3. The van der Waals surface area contributed by atoms with Gasteiger partial charge in [-0.3, -0.25) is 0 Å². The lowest BCUT2D eigenvalue weighted by Gasteiger charge is -2.04. The van der Waals surface area contributed by atoms with Crippen LogP contribution in [-0.2, 0) is 12.3 Å². The van der Waals surface area contributed by atoms with E-state index in [2.05, 4.69) is 10.1 Å². The molecule has 2 aromatic rings. The zero-order chi connectivity index (χ0) is 12.3. The van der Waals surface area contributed by atoms with Gasteiger partial charge < -0.3 is 5.73 Å². The van der Waals surface area contributed by atoms with E-state index in [0.29, 0.717) is 16.3 Å². The largest absolute Gasteiger partial charge is 0.399 e. The summed E-state index contributed by atoms with van der Waals surface area (Å²) in [7, 11) is 0. The zero-order valence-electron chi connectivity index (χ0n) is 9.43. The molecule has 0 amide bonds. The third kappa shape index (κ3) is 2.76. The van der Waals surface area contributed by atoms with Crippen LogP contribution in [0.4, 0.5) is 10.1 Å². The first-order chi connectivity index (χ1) is 8.20. The van der Waals surface area contributed by atoms with Gasteiger partial charge in [-0.15, -0.1) is 11.8 Å². The minimum absolute atomic E-state index is 0.294. The molecule has 2 N–H and O–H groups in total. The lowest BCUT2D eigenvalue weighted by atomic mass is 10.3. The number of thioether (sulfide) groups is 1. The minimum Gasteiger partial charge on any atom is -0.399 e. The minimum atomic E-state index is -0.294. The van der Waals surface area contributed by atoms with Crippen LogP contribution in [0.2, 0.25) is 0 Å². The number of benzene rings is 1. The molecule has 0 aliphatic rings. The van der Waals surface area contributed by atoms with Gasteiger partial charge in [0.25, 0.3) is 0 Å². The average Bonchev–Trinajstić information content (AvgIpc) is 2.75. The Morgan fingerprint density at radius 2 is 2.29 bits per heavy atom. The van der Waals surface area contributed by atoms with Crippen molar-refractivity contribution in [3.63, 3.8) is 0 Å². The van der Waals surface area contributed by atoms with Crippen molar-refractivity contribution >= 4 is 17.4 Å². The molecule has 0 bridgehead atoms. The topological polar surface area (TPSA) is 56.7 Å². The summed E-state index contributed by atoms with van der Waals surface area (Å²) in [5.74, 6) is 1.14. The molecule has 90 valence electrons. The molecule has 0 aliphatic carbocycles. The van der Waals surface area contributed by atoms with Crippen LogP contribution < -0.4 is 5.73 Å². The fraction of sp³-hybridized carbons (Fsp3) is 0.273. The normalized spacial score (nSPS) is 10.7. The summed E-state index contributed by atoms with van der Waals surface area (Å²) >= 11 is 1.39. The molecule has 4 nitrogen and oxygen atoms in total. The van der Waals surface area contributed by atoms with E-state index in [4.69, 9.17) is 5.73 Å². The van der Waals surface area contributed by atoms with E-state index in [1.807, 2.05) is 6.92 Å². The van der Waals surface area contributed by atoms with Crippen molar-refractivity contribution in [1.29, 1.82) is 0 Å². The lowest BCUT2D eigenvalue weighted by Crippen LogP contribution is -2.02. The van der Waals surface area contributed by atoms with Crippen LogP contribution in [0.15, 0.2) is 29.4 Å². The van der Waals surface area contributed by atoms with Gasteiger partial charge in [0.1, 0.15) is 18.0 Å². The predicted molar refractivity (Wildman–Crippen MR) is 66.1 cm³/mol. The molecule has 0 atom stereocenters. The van der Waals surface area contributed by atoms with E-state index >= 15 is 0 Å². The maximum Gasteiger partial charge on any atom is 0.138 e. The van der Waals surface area contributed by atoms with Gasteiger partial charge in [0.2, 0.25) is 0 Å². The van der Waals surface area contributed by atoms with Gasteiger partial charge in [0.15, 0.2) is 0 Å². The monoisotopic (exact) mass is 252 g/mol. The fourth-order valence-corrected chi connectivity index (χ4v) is 2.31. The van der Waals surface area contributed by atoms with Crippen molar-refractivity contribution in [2.45, 2.75) is 24.1 Å². The van der Waals surface area contributed by atoms with Crippen molar-refractivity contribution in [2.75, 3.05) is 5.73 Å². The van der Waals surface area contributed by atoms with Gasteiger partial charge in [-0.25, -0.2) is 14.1 Å². The smallest absolute Gasteiger partial charge is 0.138 e. The first kappa shape index (κ1) is 11.9. The third-order valence-corrected chi connectivity index (χ3v) is 3.35. The maximum atomic E-state index is 13.5. The second-order valence-electron chi connectivity index (χ2n) is 3.47. The number of nitrogens with zero attached hydrogens (tertiary/aromatic N) is 3. The second-order valence-corrected chi connectivity index (χ2v) is 4.49. The molecular weight excluding hydrogens is 239 g/mol. The molecule has 6 heteroatoms. The molecule has 0 spiro atoms. The fourth-order valence-electron chi connectivity index (χ4n) is 1.44. The Balaban J connectivity index is 2.07. The Morgan fingerprint density at radius 1 is 1.47 bits per heavy atom.